The lowest BCUT2D eigenvalue weighted by Gasteiger charge is -2.09. The van der Waals surface area contributed by atoms with E-state index in [4.69, 9.17) is 13.9 Å². The van der Waals surface area contributed by atoms with Gasteiger partial charge in [0.2, 0.25) is 0 Å². The molecule has 0 aliphatic heterocycles. The Morgan fingerprint density at radius 1 is 0.913 bits per heavy atom. The summed E-state index contributed by atoms with van der Waals surface area (Å²) in [6.45, 7) is 3.01. The van der Waals surface area contributed by atoms with Crippen LogP contribution in [-0.4, -0.2) is 13.2 Å². The van der Waals surface area contributed by atoms with Crippen LogP contribution in [-0.2, 0) is 0 Å². The normalized spacial score (nSPS) is 10.7. The summed E-state index contributed by atoms with van der Waals surface area (Å²) in [4.78, 5) is 11.4. The number of hydrogen-bond donors (Lipinski definition) is 0. The maximum absolute atomic E-state index is 11.4. The van der Waals surface area contributed by atoms with E-state index < -0.39 is 0 Å². The van der Waals surface area contributed by atoms with Crippen LogP contribution in [0.25, 0.3) is 11.0 Å². The molecule has 4 heteroatoms. The van der Waals surface area contributed by atoms with Crippen LogP contribution in [0.5, 0.6) is 11.5 Å². The van der Waals surface area contributed by atoms with Crippen molar-refractivity contribution in [2.75, 3.05) is 13.2 Å². The van der Waals surface area contributed by atoms with Gasteiger partial charge in [-0.05, 0) is 36.8 Å². The molecule has 0 saturated heterocycles. The third-order valence-electron chi connectivity index (χ3n) is 3.49. The molecule has 0 N–H and O–H groups in total. The van der Waals surface area contributed by atoms with Crippen molar-refractivity contribution < 1.29 is 13.9 Å². The van der Waals surface area contributed by atoms with Gasteiger partial charge >= 0.3 is 5.63 Å². The van der Waals surface area contributed by atoms with Crippen LogP contribution < -0.4 is 15.1 Å². The SMILES string of the molecule is Cc1cc(=O)oc2cc(OCCCOc3ccccc3)ccc12. The molecule has 0 amide bonds. The first-order valence-corrected chi connectivity index (χ1v) is 7.57. The van der Waals surface area contributed by atoms with Gasteiger partial charge in [0.05, 0.1) is 13.2 Å². The Hall–Kier alpha value is -2.75. The fourth-order valence-electron chi connectivity index (χ4n) is 2.35. The summed E-state index contributed by atoms with van der Waals surface area (Å²) in [5, 5.41) is 0.921. The Bertz CT molecular complexity index is 837. The quantitative estimate of drug-likeness (QED) is 0.511. The minimum Gasteiger partial charge on any atom is -0.493 e. The van der Waals surface area contributed by atoms with Gasteiger partial charge in [0, 0.05) is 23.9 Å². The fourth-order valence-corrected chi connectivity index (χ4v) is 2.35. The zero-order valence-electron chi connectivity index (χ0n) is 13.0. The second-order valence-electron chi connectivity index (χ2n) is 5.27. The highest BCUT2D eigenvalue weighted by Gasteiger charge is 2.04. The van der Waals surface area contributed by atoms with E-state index in [1.165, 1.54) is 6.07 Å². The summed E-state index contributed by atoms with van der Waals surface area (Å²) in [6.07, 6.45) is 0.769. The van der Waals surface area contributed by atoms with E-state index in [-0.39, 0.29) is 5.63 Å². The molecule has 3 aromatic rings. The Kier molecular flexibility index (Phi) is 4.62. The zero-order chi connectivity index (χ0) is 16.1. The lowest BCUT2D eigenvalue weighted by atomic mass is 10.1. The van der Waals surface area contributed by atoms with Crippen LogP contribution in [0.4, 0.5) is 0 Å². The minimum atomic E-state index is -0.344. The summed E-state index contributed by atoms with van der Waals surface area (Å²) in [5.74, 6) is 1.54. The lowest BCUT2D eigenvalue weighted by molar-refractivity contribution is 0.247. The standard InChI is InChI=1S/C19H18O4/c1-14-12-19(20)23-18-13-16(8-9-17(14)18)22-11-5-10-21-15-6-3-2-4-7-15/h2-4,6-9,12-13H,5,10-11H2,1H3. The monoisotopic (exact) mass is 310 g/mol. The molecule has 0 radical (unpaired) electrons. The molecule has 118 valence electrons. The minimum absolute atomic E-state index is 0.344. The molecule has 4 nitrogen and oxygen atoms in total. The van der Waals surface area contributed by atoms with Gasteiger partial charge in [-0.25, -0.2) is 4.79 Å². The van der Waals surface area contributed by atoms with Crippen LogP contribution in [0.15, 0.2) is 63.8 Å². The number of hydrogen-bond acceptors (Lipinski definition) is 4. The highest BCUT2D eigenvalue weighted by atomic mass is 16.5. The van der Waals surface area contributed by atoms with Crippen molar-refractivity contribution >= 4 is 11.0 Å². The van der Waals surface area contributed by atoms with Gasteiger partial charge in [-0.2, -0.15) is 0 Å². The van der Waals surface area contributed by atoms with Crippen LogP contribution in [0.3, 0.4) is 0 Å². The highest BCUT2D eigenvalue weighted by Crippen LogP contribution is 2.22. The zero-order valence-corrected chi connectivity index (χ0v) is 13.0. The molecule has 0 bridgehead atoms. The van der Waals surface area contributed by atoms with Gasteiger partial charge < -0.3 is 13.9 Å². The van der Waals surface area contributed by atoms with Crippen molar-refractivity contribution in [2.24, 2.45) is 0 Å². The molecular weight excluding hydrogens is 292 g/mol. The van der Waals surface area contributed by atoms with E-state index in [1.807, 2.05) is 49.4 Å². The van der Waals surface area contributed by atoms with Gasteiger partial charge in [0.15, 0.2) is 0 Å². The van der Waals surface area contributed by atoms with Crippen molar-refractivity contribution in [3.8, 4) is 11.5 Å². The average molecular weight is 310 g/mol. The Morgan fingerprint density at radius 2 is 1.65 bits per heavy atom. The van der Waals surface area contributed by atoms with Crippen molar-refractivity contribution in [1.29, 1.82) is 0 Å². The van der Waals surface area contributed by atoms with Crippen molar-refractivity contribution in [2.45, 2.75) is 13.3 Å². The molecule has 1 heterocycles. The number of rotatable bonds is 6. The van der Waals surface area contributed by atoms with Crippen LogP contribution in [0, 0.1) is 6.92 Å². The predicted octanol–water partition coefficient (Wildman–Crippen LogP) is 3.95. The molecule has 0 atom stereocenters. The van der Waals surface area contributed by atoms with Crippen LogP contribution in [0.1, 0.15) is 12.0 Å². The molecule has 23 heavy (non-hydrogen) atoms. The largest absolute Gasteiger partial charge is 0.493 e. The molecule has 0 spiro atoms. The number of aryl methyl sites for hydroxylation is 1. The van der Waals surface area contributed by atoms with Gasteiger partial charge in [0.25, 0.3) is 0 Å². The molecule has 1 aromatic heterocycles. The van der Waals surface area contributed by atoms with Gasteiger partial charge in [-0.15, -0.1) is 0 Å². The number of para-hydroxylation sites is 1. The first-order chi connectivity index (χ1) is 11.2. The molecule has 3 rings (SSSR count). The fraction of sp³-hybridized carbons (Fsp3) is 0.211. The van der Waals surface area contributed by atoms with Crippen molar-refractivity contribution in [1.82, 2.24) is 0 Å². The summed E-state index contributed by atoms with van der Waals surface area (Å²) < 4.78 is 16.5. The lowest BCUT2D eigenvalue weighted by Crippen LogP contribution is -2.05. The Balaban J connectivity index is 1.54. The van der Waals surface area contributed by atoms with E-state index in [2.05, 4.69) is 0 Å². The van der Waals surface area contributed by atoms with E-state index in [1.54, 1.807) is 6.07 Å². The summed E-state index contributed by atoms with van der Waals surface area (Å²) in [6, 6.07) is 16.7. The molecule has 0 fully saturated rings. The second-order valence-corrected chi connectivity index (χ2v) is 5.27. The third kappa shape index (κ3) is 3.92. The highest BCUT2D eigenvalue weighted by molar-refractivity contribution is 5.81. The molecular formula is C19H18O4. The van der Waals surface area contributed by atoms with E-state index in [9.17, 15) is 4.79 Å². The Morgan fingerprint density at radius 3 is 2.43 bits per heavy atom. The van der Waals surface area contributed by atoms with Crippen molar-refractivity contribution in [3.05, 3.63) is 70.6 Å². The van der Waals surface area contributed by atoms with Crippen molar-refractivity contribution in [3.63, 3.8) is 0 Å². The molecule has 0 saturated carbocycles. The maximum atomic E-state index is 11.4. The summed E-state index contributed by atoms with van der Waals surface area (Å²) >= 11 is 0. The van der Waals surface area contributed by atoms with E-state index >= 15 is 0 Å². The van der Waals surface area contributed by atoms with E-state index in [0.29, 0.717) is 24.5 Å². The summed E-state index contributed by atoms with van der Waals surface area (Å²) in [5.41, 5.74) is 1.11. The number of ether oxygens (including phenoxy) is 2. The smallest absolute Gasteiger partial charge is 0.336 e. The molecule has 0 unspecified atom stereocenters. The molecule has 0 aliphatic rings. The van der Waals surface area contributed by atoms with Gasteiger partial charge in [0.1, 0.15) is 17.1 Å². The predicted molar refractivity (Wildman–Crippen MR) is 89.3 cm³/mol. The van der Waals surface area contributed by atoms with Gasteiger partial charge in [-0.3, -0.25) is 0 Å². The third-order valence-corrected chi connectivity index (χ3v) is 3.49. The Labute approximate surface area is 134 Å². The van der Waals surface area contributed by atoms with Crippen LogP contribution in [0.2, 0.25) is 0 Å². The van der Waals surface area contributed by atoms with E-state index in [0.717, 1.165) is 23.1 Å². The average Bonchev–Trinajstić information content (AvgIpc) is 2.55. The van der Waals surface area contributed by atoms with Crippen LogP contribution >= 0.6 is 0 Å². The second kappa shape index (κ2) is 7.01. The maximum Gasteiger partial charge on any atom is 0.336 e. The topological polar surface area (TPSA) is 48.7 Å². The number of benzene rings is 2. The summed E-state index contributed by atoms with van der Waals surface area (Å²) in [7, 11) is 0. The van der Waals surface area contributed by atoms with Gasteiger partial charge in [-0.1, -0.05) is 18.2 Å². The number of fused-ring (bicyclic) bond motifs is 1. The first kappa shape index (κ1) is 15.2. The molecule has 0 aliphatic carbocycles. The molecule has 2 aromatic carbocycles. The first-order valence-electron chi connectivity index (χ1n) is 7.57.